The first kappa shape index (κ1) is 24.3. The van der Waals surface area contributed by atoms with Gasteiger partial charge in [-0.3, -0.25) is 0 Å². The Kier molecular flexibility index (Phi) is 12.8. The van der Waals surface area contributed by atoms with E-state index in [9.17, 15) is 0 Å². The fourth-order valence-corrected chi connectivity index (χ4v) is 3.31. The molecule has 166 valence electrons. The van der Waals surface area contributed by atoms with Crippen molar-refractivity contribution >= 4 is 0 Å². The molecule has 0 radical (unpaired) electrons. The zero-order valence-corrected chi connectivity index (χ0v) is 19.1. The van der Waals surface area contributed by atoms with Crippen molar-refractivity contribution in [2.75, 3.05) is 19.8 Å². The monoisotopic (exact) mass is 412 g/mol. The van der Waals surface area contributed by atoms with Crippen LogP contribution >= 0.6 is 0 Å². The third-order valence-corrected chi connectivity index (χ3v) is 5.25. The van der Waals surface area contributed by atoms with Crippen molar-refractivity contribution in [2.24, 2.45) is 0 Å². The summed E-state index contributed by atoms with van der Waals surface area (Å²) in [4.78, 5) is 8.94. The van der Waals surface area contributed by atoms with Crippen molar-refractivity contribution in [1.29, 1.82) is 0 Å². The molecule has 0 N–H and O–H groups in total. The highest BCUT2D eigenvalue weighted by atomic mass is 16.5. The maximum Gasteiger partial charge on any atom is 0.159 e. The minimum absolute atomic E-state index is 0.674. The van der Waals surface area contributed by atoms with Gasteiger partial charge in [0.1, 0.15) is 0 Å². The minimum Gasteiger partial charge on any atom is -0.490 e. The second kappa shape index (κ2) is 15.8. The smallest absolute Gasteiger partial charge is 0.159 e. The normalized spacial score (nSPS) is 11.0. The van der Waals surface area contributed by atoms with Crippen molar-refractivity contribution in [2.45, 2.75) is 84.5 Å². The van der Waals surface area contributed by atoms with Crippen LogP contribution in [0.4, 0.5) is 0 Å². The molecule has 1 aromatic heterocycles. The van der Waals surface area contributed by atoms with Crippen LogP contribution in [-0.2, 0) is 11.2 Å². The second-order valence-electron chi connectivity index (χ2n) is 7.98. The molecular weight excluding hydrogens is 372 g/mol. The summed E-state index contributed by atoms with van der Waals surface area (Å²) in [5.74, 6) is 1.48. The van der Waals surface area contributed by atoms with Crippen LogP contribution in [0, 0.1) is 0 Å². The number of hydrogen-bond acceptors (Lipinski definition) is 4. The highest BCUT2D eigenvalue weighted by Crippen LogP contribution is 2.19. The van der Waals surface area contributed by atoms with Crippen LogP contribution in [0.15, 0.2) is 36.7 Å². The van der Waals surface area contributed by atoms with Crippen LogP contribution in [0.3, 0.4) is 0 Å². The average Bonchev–Trinajstić information content (AvgIpc) is 2.79. The first-order valence-electron chi connectivity index (χ1n) is 12.0. The zero-order valence-electron chi connectivity index (χ0n) is 19.1. The molecule has 2 rings (SSSR count). The molecule has 0 amide bonds. The summed E-state index contributed by atoms with van der Waals surface area (Å²) in [5.41, 5.74) is 2.45. The van der Waals surface area contributed by atoms with Crippen LogP contribution in [0.5, 0.6) is 5.75 Å². The molecule has 0 spiro atoms. The highest BCUT2D eigenvalue weighted by molar-refractivity contribution is 5.55. The molecule has 1 heterocycles. The molecule has 0 bridgehead atoms. The lowest BCUT2D eigenvalue weighted by molar-refractivity contribution is 0.123. The van der Waals surface area contributed by atoms with E-state index in [1.165, 1.54) is 50.5 Å². The summed E-state index contributed by atoms with van der Waals surface area (Å²) in [7, 11) is 0. The van der Waals surface area contributed by atoms with E-state index in [0.29, 0.717) is 6.61 Å². The van der Waals surface area contributed by atoms with Crippen molar-refractivity contribution in [3.05, 3.63) is 42.2 Å². The Morgan fingerprint density at radius 3 is 2.03 bits per heavy atom. The van der Waals surface area contributed by atoms with E-state index < -0.39 is 0 Å². The molecule has 0 saturated heterocycles. The summed E-state index contributed by atoms with van der Waals surface area (Å²) in [5, 5.41) is 0. The Bertz CT molecular complexity index is 656. The standard InChI is InChI=1S/C26H40N2O2/c1-3-5-7-8-9-10-13-23-14-16-24(17-15-23)26-27-21-25(22-28-26)30-20-12-11-19-29-18-6-4-2/h14-17,21-22H,3-13,18-20H2,1-2H3. The molecule has 0 aliphatic heterocycles. The van der Waals surface area contributed by atoms with Gasteiger partial charge in [0.15, 0.2) is 11.6 Å². The van der Waals surface area contributed by atoms with Gasteiger partial charge in [0.05, 0.1) is 19.0 Å². The fraction of sp³-hybridized carbons (Fsp3) is 0.615. The molecular formula is C26H40N2O2. The van der Waals surface area contributed by atoms with Gasteiger partial charge in [-0.05, 0) is 37.7 Å². The van der Waals surface area contributed by atoms with E-state index in [4.69, 9.17) is 9.47 Å². The Morgan fingerprint density at radius 1 is 0.667 bits per heavy atom. The third kappa shape index (κ3) is 10.2. The average molecular weight is 413 g/mol. The van der Waals surface area contributed by atoms with Crippen molar-refractivity contribution in [3.63, 3.8) is 0 Å². The SMILES string of the molecule is CCCCCCCCc1ccc(-c2ncc(OCCCCOCCCC)cn2)cc1. The minimum atomic E-state index is 0.674. The highest BCUT2D eigenvalue weighted by Gasteiger charge is 2.03. The summed E-state index contributed by atoms with van der Waals surface area (Å²) in [6.07, 6.45) is 17.0. The van der Waals surface area contributed by atoms with Crippen molar-refractivity contribution in [3.8, 4) is 17.1 Å². The number of benzene rings is 1. The Labute approximate surface area is 183 Å². The Balaban J connectivity index is 1.65. The van der Waals surface area contributed by atoms with Crippen LogP contribution in [0.25, 0.3) is 11.4 Å². The summed E-state index contributed by atoms with van der Waals surface area (Å²) < 4.78 is 11.3. The Hall–Kier alpha value is -1.94. The number of ether oxygens (including phenoxy) is 2. The van der Waals surface area contributed by atoms with E-state index in [1.807, 2.05) is 0 Å². The van der Waals surface area contributed by atoms with Crippen LogP contribution < -0.4 is 4.74 Å². The molecule has 0 atom stereocenters. The maximum atomic E-state index is 5.74. The molecule has 1 aromatic carbocycles. The number of aromatic nitrogens is 2. The maximum absolute atomic E-state index is 5.74. The molecule has 0 aliphatic rings. The van der Waals surface area contributed by atoms with Crippen LogP contribution in [0.2, 0.25) is 0 Å². The fourth-order valence-electron chi connectivity index (χ4n) is 3.31. The lowest BCUT2D eigenvalue weighted by atomic mass is 10.0. The summed E-state index contributed by atoms with van der Waals surface area (Å²) in [6.45, 7) is 6.79. The first-order chi connectivity index (χ1) is 14.8. The largest absolute Gasteiger partial charge is 0.490 e. The van der Waals surface area contributed by atoms with Crippen molar-refractivity contribution < 1.29 is 9.47 Å². The van der Waals surface area contributed by atoms with Gasteiger partial charge in [0, 0.05) is 18.8 Å². The van der Waals surface area contributed by atoms with E-state index in [1.54, 1.807) is 12.4 Å². The van der Waals surface area contributed by atoms with Crippen LogP contribution in [-0.4, -0.2) is 29.8 Å². The van der Waals surface area contributed by atoms with Crippen molar-refractivity contribution in [1.82, 2.24) is 9.97 Å². The Morgan fingerprint density at radius 2 is 1.30 bits per heavy atom. The lowest BCUT2D eigenvalue weighted by Crippen LogP contribution is -2.02. The summed E-state index contributed by atoms with van der Waals surface area (Å²) >= 11 is 0. The van der Waals surface area contributed by atoms with E-state index in [-0.39, 0.29) is 0 Å². The molecule has 2 aromatic rings. The number of aryl methyl sites for hydroxylation is 1. The number of unbranched alkanes of at least 4 members (excludes halogenated alkanes) is 7. The topological polar surface area (TPSA) is 44.2 Å². The zero-order chi connectivity index (χ0) is 21.3. The lowest BCUT2D eigenvalue weighted by Gasteiger charge is -2.07. The number of hydrogen-bond donors (Lipinski definition) is 0. The van der Waals surface area contributed by atoms with E-state index >= 15 is 0 Å². The van der Waals surface area contributed by atoms with Gasteiger partial charge in [-0.25, -0.2) is 9.97 Å². The quantitative estimate of drug-likeness (QED) is 0.262. The first-order valence-corrected chi connectivity index (χ1v) is 12.0. The van der Waals surface area contributed by atoms with Gasteiger partial charge in [0.2, 0.25) is 0 Å². The van der Waals surface area contributed by atoms with Gasteiger partial charge in [-0.2, -0.15) is 0 Å². The number of rotatable bonds is 17. The molecule has 4 heteroatoms. The van der Waals surface area contributed by atoms with Gasteiger partial charge in [-0.15, -0.1) is 0 Å². The second-order valence-corrected chi connectivity index (χ2v) is 7.98. The van der Waals surface area contributed by atoms with Gasteiger partial charge >= 0.3 is 0 Å². The molecule has 0 unspecified atom stereocenters. The molecule has 4 nitrogen and oxygen atoms in total. The summed E-state index contributed by atoms with van der Waals surface area (Å²) in [6, 6.07) is 8.66. The molecule has 0 aliphatic carbocycles. The molecule has 30 heavy (non-hydrogen) atoms. The predicted molar refractivity (Wildman–Crippen MR) is 125 cm³/mol. The third-order valence-electron chi connectivity index (χ3n) is 5.25. The van der Waals surface area contributed by atoms with Gasteiger partial charge in [0.25, 0.3) is 0 Å². The molecule has 0 fully saturated rings. The number of nitrogens with zero attached hydrogens (tertiary/aromatic N) is 2. The van der Waals surface area contributed by atoms with Gasteiger partial charge in [-0.1, -0.05) is 76.6 Å². The van der Waals surface area contributed by atoms with Gasteiger partial charge < -0.3 is 9.47 Å². The molecule has 0 saturated carbocycles. The van der Waals surface area contributed by atoms with E-state index in [0.717, 1.165) is 56.0 Å². The predicted octanol–water partition coefficient (Wildman–Crippen LogP) is 7.02. The van der Waals surface area contributed by atoms with E-state index in [2.05, 4.69) is 48.1 Å². The van der Waals surface area contributed by atoms with Crippen LogP contribution in [0.1, 0.15) is 83.6 Å².